The molecule has 1 aromatic rings. The van der Waals surface area contributed by atoms with Crippen LogP contribution in [0.15, 0.2) is 10.9 Å². The number of halogens is 4. The van der Waals surface area contributed by atoms with Crippen LogP contribution in [0.4, 0.5) is 13.2 Å². The van der Waals surface area contributed by atoms with Gasteiger partial charge >= 0.3 is 6.36 Å². The lowest BCUT2D eigenvalue weighted by Crippen LogP contribution is -2.20. The molecule has 1 N–H and O–H groups in total. The number of nitrogens with one attached hydrogen (secondary N) is 1. The van der Waals surface area contributed by atoms with E-state index < -0.39 is 17.7 Å². The zero-order valence-electron chi connectivity index (χ0n) is 8.02. The second-order valence-corrected chi connectivity index (χ2v) is 3.25. The topological polar surface area (TPSA) is 51.3 Å². The van der Waals surface area contributed by atoms with Gasteiger partial charge in [0.05, 0.1) is 18.9 Å². The molecule has 0 unspecified atom stereocenters. The summed E-state index contributed by atoms with van der Waals surface area (Å²) in [6.45, 7) is 0. The molecule has 0 amide bonds. The first-order chi connectivity index (χ1) is 7.37. The van der Waals surface area contributed by atoms with Gasteiger partial charge in [-0.25, -0.2) is 0 Å². The van der Waals surface area contributed by atoms with Gasteiger partial charge in [0.25, 0.3) is 0 Å². The van der Waals surface area contributed by atoms with Crippen molar-refractivity contribution in [3.05, 3.63) is 22.0 Å². The molecule has 0 bridgehead atoms. The van der Waals surface area contributed by atoms with E-state index in [1.54, 1.807) is 0 Å². The van der Waals surface area contributed by atoms with Crippen molar-refractivity contribution in [2.45, 2.75) is 11.7 Å². The Morgan fingerprint density at radius 3 is 2.56 bits per heavy atom. The van der Waals surface area contributed by atoms with Crippen molar-refractivity contribution in [2.75, 3.05) is 7.11 Å². The minimum absolute atomic E-state index is 0.0496. The third kappa shape index (κ3) is 3.16. The van der Waals surface area contributed by atoms with Crippen LogP contribution < -0.4 is 14.9 Å². The highest BCUT2D eigenvalue weighted by atomic mass is 79.9. The number of rotatable bonds is 3. The molecule has 0 saturated carbocycles. The van der Waals surface area contributed by atoms with Crippen LogP contribution in [-0.2, 0) is 5.33 Å². The van der Waals surface area contributed by atoms with Crippen LogP contribution in [0.1, 0.15) is 5.69 Å². The molecule has 1 heterocycles. The van der Waals surface area contributed by atoms with Gasteiger partial charge in [0.1, 0.15) is 0 Å². The van der Waals surface area contributed by atoms with Gasteiger partial charge in [0, 0.05) is 5.33 Å². The van der Waals surface area contributed by atoms with Crippen molar-refractivity contribution < 1.29 is 22.6 Å². The van der Waals surface area contributed by atoms with Crippen LogP contribution in [0.2, 0.25) is 0 Å². The minimum atomic E-state index is -4.85. The Morgan fingerprint density at radius 2 is 2.12 bits per heavy atom. The molecular weight excluding hydrogens is 295 g/mol. The van der Waals surface area contributed by atoms with Crippen molar-refractivity contribution in [3.8, 4) is 11.6 Å². The Labute approximate surface area is 96.5 Å². The molecule has 0 aliphatic rings. The molecule has 8 heteroatoms. The molecule has 0 aromatic carbocycles. The monoisotopic (exact) mass is 301 g/mol. The first-order valence-corrected chi connectivity index (χ1v) is 5.11. The fourth-order valence-electron chi connectivity index (χ4n) is 1.07. The van der Waals surface area contributed by atoms with Crippen molar-refractivity contribution in [1.29, 1.82) is 0 Å². The van der Waals surface area contributed by atoms with Crippen molar-refractivity contribution in [1.82, 2.24) is 4.98 Å². The SMILES string of the molecule is COc1c(CBr)[nH]c(OC(F)(F)F)cc1=O. The number of H-pyrrole nitrogens is 1. The average Bonchev–Trinajstić information content (AvgIpc) is 2.14. The number of pyridine rings is 1. The lowest BCUT2D eigenvalue weighted by molar-refractivity contribution is -0.276. The molecule has 0 fully saturated rings. The molecular formula is C8H7BrF3NO3. The smallest absolute Gasteiger partial charge is 0.491 e. The summed E-state index contributed by atoms with van der Waals surface area (Å²) in [5, 5.41) is 0.139. The third-order valence-electron chi connectivity index (χ3n) is 1.60. The van der Waals surface area contributed by atoms with E-state index in [2.05, 4.69) is 25.7 Å². The predicted octanol–water partition coefficient (Wildman–Crippen LogP) is 2.18. The largest absolute Gasteiger partial charge is 0.574 e. The molecule has 4 nitrogen and oxygen atoms in total. The molecule has 1 rings (SSSR count). The number of methoxy groups -OCH3 is 1. The average molecular weight is 302 g/mol. The lowest BCUT2D eigenvalue weighted by atomic mass is 10.3. The summed E-state index contributed by atoms with van der Waals surface area (Å²) in [6, 6.07) is 0.679. The highest BCUT2D eigenvalue weighted by Crippen LogP contribution is 2.23. The quantitative estimate of drug-likeness (QED) is 0.871. The third-order valence-corrected chi connectivity index (χ3v) is 2.16. The Kier molecular flexibility index (Phi) is 3.84. The van der Waals surface area contributed by atoms with E-state index >= 15 is 0 Å². The Morgan fingerprint density at radius 1 is 1.50 bits per heavy atom. The Hall–Kier alpha value is -1.18. The molecule has 0 spiro atoms. The Balaban J connectivity index is 3.16. The highest BCUT2D eigenvalue weighted by molar-refractivity contribution is 9.08. The van der Waals surface area contributed by atoms with Gasteiger partial charge in [-0.1, -0.05) is 15.9 Å². The first-order valence-electron chi connectivity index (χ1n) is 3.99. The zero-order chi connectivity index (χ0) is 12.3. The molecule has 0 aliphatic heterocycles. The van der Waals surface area contributed by atoms with E-state index in [1.807, 2.05) is 0 Å². The second kappa shape index (κ2) is 4.77. The van der Waals surface area contributed by atoms with Gasteiger partial charge in [-0.05, 0) is 0 Å². The van der Waals surface area contributed by atoms with E-state index in [4.69, 9.17) is 4.74 Å². The summed E-state index contributed by atoms with van der Waals surface area (Å²) in [7, 11) is 1.25. The number of aromatic nitrogens is 1. The first kappa shape index (κ1) is 12.9. The minimum Gasteiger partial charge on any atom is -0.491 e. The normalized spacial score (nSPS) is 11.3. The predicted molar refractivity (Wildman–Crippen MR) is 52.9 cm³/mol. The molecule has 1 aromatic heterocycles. The molecule has 0 aliphatic carbocycles. The van der Waals surface area contributed by atoms with E-state index in [0.717, 1.165) is 0 Å². The fraction of sp³-hybridized carbons (Fsp3) is 0.375. The summed E-state index contributed by atoms with van der Waals surface area (Å²) in [4.78, 5) is 13.6. The number of alkyl halides is 4. The maximum atomic E-state index is 11.9. The van der Waals surface area contributed by atoms with Gasteiger partial charge in [-0.2, -0.15) is 0 Å². The zero-order valence-corrected chi connectivity index (χ0v) is 9.61. The standard InChI is InChI=1S/C8H7BrF3NO3/c1-15-7-4(3-9)13-6(2-5(7)14)16-8(10,11)12/h2H,3H2,1H3,(H,13,14). The molecule has 0 radical (unpaired) electrons. The van der Waals surface area contributed by atoms with E-state index in [1.165, 1.54) is 7.11 Å². The number of aromatic amines is 1. The van der Waals surface area contributed by atoms with E-state index in [0.29, 0.717) is 6.07 Å². The second-order valence-electron chi connectivity index (χ2n) is 2.69. The summed E-state index contributed by atoms with van der Waals surface area (Å²) in [5.41, 5.74) is -0.510. The molecule has 0 atom stereocenters. The van der Waals surface area contributed by atoms with Gasteiger partial charge in [-0.15, -0.1) is 13.2 Å². The summed E-state index contributed by atoms with van der Waals surface area (Å²) in [5.74, 6) is -0.723. The van der Waals surface area contributed by atoms with Crippen molar-refractivity contribution in [2.24, 2.45) is 0 Å². The molecule has 16 heavy (non-hydrogen) atoms. The fourth-order valence-corrected chi connectivity index (χ4v) is 1.47. The number of ether oxygens (including phenoxy) is 2. The van der Waals surface area contributed by atoms with E-state index in [9.17, 15) is 18.0 Å². The lowest BCUT2D eigenvalue weighted by Gasteiger charge is -2.11. The van der Waals surface area contributed by atoms with Crippen LogP contribution in [0.5, 0.6) is 11.6 Å². The highest BCUT2D eigenvalue weighted by Gasteiger charge is 2.32. The van der Waals surface area contributed by atoms with Gasteiger partial charge < -0.3 is 14.5 Å². The van der Waals surface area contributed by atoms with Crippen LogP contribution >= 0.6 is 15.9 Å². The van der Waals surface area contributed by atoms with E-state index in [-0.39, 0.29) is 16.8 Å². The maximum Gasteiger partial charge on any atom is 0.574 e. The van der Waals surface area contributed by atoms with Crippen molar-refractivity contribution >= 4 is 15.9 Å². The van der Waals surface area contributed by atoms with Crippen LogP contribution in [0, 0.1) is 0 Å². The summed E-state index contributed by atoms with van der Waals surface area (Å²) < 4.78 is 44.0. The maximum absolute atomic E-state index is 11.9. The summed E-state index contributed by atoms with van der Waals surface area (Å²) >= 11 is 3.01. The molecule has 90 valence electrons. The van der Waals surface area contributed by atoms with Gasteiger partial charge in [-0.3, -0.25) is 4.79 Å². The van der Waals surface area contributed by atoms with Crippen LogP contribution in [-0.4, -0.2) is 18.5 Å². The Bertz CT molecular complexity index is 430. The van der Waals surface area contributed by atoms with Gasteiger partial charge in [0.15, 0.2) is 5.75 Å². The number of hydrogen-bond acceptors (Lipinski definition) is 3. The molecule has 0 saturated heterocycles. The van der Waals surface area contributed by atoms with Crippen LogP contribution in [0.25, 0.3) is 0 Å². The van der Waals surface area contributed by atoms with Crippen molar-refractivity contribution in [3.63, 3.8) is 0 Å². The summed E-state index contributed by atoms with van der Waals surface area (Å²) in [6.07, 6.45) is -4.85. The number of hydrogen-bond donors (Lipinski definition) is 1. The van der Waals surface area contributed by atoms with Gasteiger partial charge in [0.2, 0.25) is 11.3 Å². The van der Waals surface area contributed by atoms with Crippen LogP contribution in [0.3, 0.4) is 0 Å².